The number of benzene rings is 3. The van der Waals surface area contributed by atoms with Gasteiger partial charge in [0.15, 0.2) is 4.34 Å². The molecule has 7 nitrogen and oxygen atoms in total. The number of nitrogens with zero attached hydrogens (tertiary/aromatic N) is 3. The van der Waals surface area contributed by atoms with Crippen molar-refractivity contribution in [1.82, 2.24) is 10.2 Å². The fraction of sp³-hybridized carbons (Fsp3) is 0.200. The summed E-state index contributed by atoms with van der Waals surface area (Å²) in [6.45, 7) is 2.64. The normalized spacial score (nSPS) is 16.4. The third-order valence-electron chi connectivity index (χ3n) is 6.40. The van der Waals surface area contributed by atoms with Gasteiger partial charge in [0.1, 0.15) is 17.3 Å². The average Bonchev–Trinajstić information content (AvgIpc) is 3.55. The van der Waals surface area contributed by atoms with Crippen LogP contribution in [-0.2, 0) is 15.3 Å². The van der Waals surface area contributed by atoms with Gasteiger partial charge in [-0.05, 0) is 66.1 Å². The van der Waals surface area contributed by atoms with Gasteiger partial charge in [0, 0.05) is 16.3 Å². The fourth-order valence-electron chi connectivity index (χ4n) is 4.27. The minimum Gasteiger partial charge on any atom is -0.507 e. The topological polar surface area (TPSA) is 92.6 Å². The van der Waals surface area contributed by atoms with Gasteiger partial charge in [-0.3, -0.25) is 14.5 Å². The molecule has 1 aliphatic rings. The van der Waals surface area contributed by atoms with Crippen LogP contribution in [0.15, 0.2) is 82.7 Å². The van der Waals surface area contributed by atoms with E-state index < -0.39 is 29.3 Å². The number of ketones is 1. The summed E-state index contributed by atoms with van der Waals surface area (Å²) in [7, 11) is 0. The Bertz CT molecular complexity index is 1570. The zero-order valence-electron chi connectivity index (χ0n) is 21.9. The van der Waals surface area contributed by atoms with Crippen LogP contribution in [0.1, 0.15) is 42.5 Å². The van der Waals surface area contributed by atoms with Crippen molar-refractivity contribution >= 4 is 57.3 Å². The lowest BCUT2D eigenvalue weighted by Crippen LogP contribution is -2.29. The number of halogens is 2. The summed E-state index contributed by atoms with van der Waals surface area (Å²) in [5.41, 5.74) is 1.70. The number of hydrogen-bond acceptors (Lipinski definition) is 8. The van der Waals surface area contributed by atoms with E-state index in [0.29, 0.717) is 33.0 Å². The van der Waals surface area contributed by atoms with Crippen LogP contribution < -0.4 is 9.64 Å². The van der Waals surface area contributed by atoms with Crippen LogP contribution in [0.4, 0.5) is 9.52 Å². The molecule has 1 saturated heterocycles. The molecule has 4 aromatic rings. The summed E-state index contributed by atoms with van der Waals surface area (Å²) in [6.07, 6.45) is 1.91. The fourth-order valence-corrected chi connectivity index (χ4v) is 6.22. The van der Waals surface area contributed by atoms with Gasteiger partial charge in [0.25, 0.3) is 5.78 Å². The number of rotatable bonds is 10. The van der Waals surface area contributed by atoms with Crippen molar-refractivity contribution in [3.8, 4) is 5.75 Å². The molecule has 2 heterocycles. The monoisotopic (exact) mass is 609 g/mol. The van der Waals surface area contributed by atoms with Gasteiger partial charge in [-0.2, -0.15) is 0 Å². The zero-order chi connectivity index (χ0) is 28.9. The first-order valence-corrected chi connectivity index (χ1v) is 15.0. The second-order valence-corrected chi connectivity index (χ2v) is 11.8. The Morgan fingerprint density at radius 3 is 2.44 bits per heavy atom. The average molecular weight is 610 g/mol. The lowest BCUT2D eigenvalue weighted by molar-refractivity contribution is -0.132. The van der Waals surface area contributed by atoms with E-state index >= 15 is 0 Å². The van der Waals surface area contributed by atoms with Crippen molar-refractivity contribution in [2.45, 2.75) is 35.9 Å². The van der Waals surface area contributed by atoms with Crippen LogP contribution in [0.3, 0.4) is 0 Å². The number of thioether (sulfide) groups is 1. The molecular weight excluding hydrogens is 585 g/mol. The first-order chi connectivity index (χ1) is 19.9. The smallest absolute Gasteiger partial charge is 0.301 e. The summed E-state index contributed by atoms with van der Waals surface area (Å²) in [5, 5.41) is 20.5. The molecule has 0 aliphatic carbocycles. The number of aromatic nitrogens is 2. The lowest BCUT2D eigenvalue weighted by Gasteiger charge is -2.22. The molecule has 210 valence electrons. The molecule has 41 heavy (non-hydrogen) atoms. The molecule has 5 rings (SSSR count). The predicted octanol–water partition coefficient (Wildman–Crippen LogP) is 7.43. The Kier molecular flexibility index (Phi) is 9.02. The van der Waals surface area contributed by atoms with Crippen LogP contribution >= 0.6 is 34.7 Å². The summed E-state index contributed by atoms with van der Waals surface area (Å²) < 4.78 is 19.9. The maximum Gasteiger partial charge on any atom is 0.301 e. The van der Waals surface area contributed by atoms with Crippen LogP contribution in [0.25, 0.3) is 5.76 Å². The molecule has 1 amide bonds. The molecule has 0 bridgehead atoms. The molecule has 0 saturated carbocycles. The Morgan fingerprint density at radius 1 is 1.05 bits per heavy atom. The van der Waals surface area contributed by atoms with Crippen molar-refractivity contribution in [3.63, 3.8) is 0 Å². The van der Waals surface area contributed by atoms with Crippen molar-refractivity contribution in [2.24, 2.45) is 0 Å². The van der Waals surface area contributed by atoms with Crippen LogP contribution in [-0.4, -0.2) is 33.6 Å². The number of aliphatic hydroxyl groups excluding tert-OH is 1. The van der Waals surface area contributed by atoms with E-state index in [9.17, 15) is 19.1 Å². The van der Waals surface area contributed by atoms with Gasteiger partial charge < -0.3 is 9.84 Å². The SMILES string of the molecule is CCCCOc1ccc(C2/C(=C(/O)c3ccc(F)cc3)C(=O)C(=O)N2c2nnc(SCc3ccc(Cl)cc3)s2)cc1. The highest BCUT2D eigenvalue weighted by Crippen LogP contribution is 2.44. The highest BCUT2D eigenvalue weighted by molar-refractivity contribution is 8.00. The lowest BCUT2D eigenvalue weighted by atomic mass is 9.95. The molecule has 1 fully saturated rings. The van der Waals surface area contributed by atoms with E-state index in [2.05, 4.69) is 17.1 Å². The number of unbranched alkanes of at least 4 members (excludes halogenated alkanes) is 1. The Balaban J connectivity index is 1.50. The van der Waals surface area contributed by atoms with E-state index in [-0.39, 0.29) is 16.3 Å². The Labute approximate surface area is 249 Å². The summed E-state index contributed by atoms with van der Waals surface area (Å²) in [5.74, 6) is -1.35. The molecule has 1 unspecified atom stereocenters. The molecule has 3 aromatic carbocycles. The van der Waals surface area contributed by atoms with Gasteiger partial charge in [-0.25, -0.2) is 4.39 Å². The number of anilines is 1. The van der Waals surface area contributed by atoms with Crippen molar-refractivity contribution in [3.05, 3.63) is 106 Å². The van der Waals surface area contributed by atoms with Gasteiger partial charge in [-0.15, -0.1) is 10.2 Å². The van der Waals surface area contributed by atoms with Gasteiger partial charge in [0.2, 0.25) is 5.13 Å². The molecule has 0 spiro atoms. The maximum absolute atomic E-state index is 13.6. The highest BCUT2D eigenvalue weighted by atomic mass is 35.5. The minimum atomic E-state index is -0.980. The number of Topliss-reactive ketones (excluding diaryl/α,β-unsaturated/α-hetero) is 1. The third kappa shape index (κ3) is 6.45. The van der Waals surface area contributed by atoms with Crippen LogP contribution in [0.2, 0.25) is 5.02 Å². The largest absolute Gasteiger partial charge is 0.507 e. The van der Waals surface area contributed by atoms with Crippen molar-refractivity contribution in [2.75, 3.05) is 11.5 Å². The first-order valence-electron chi connectivity index (χ1n) is 12.9. The summed E-state index contributed by atoms with van der Waals surface area (Å²) >= 11 is 8.59. The Hall–Kier alpha value is -3.73. The van der Waals surface area contributed by atoms with E-state index in [4.69, 9.17) is 16.3 Å². The number of carbonyl (C=O) groups is 2. The molecule has 0 radical (unpaired) electrons. The van der Waals surface area contributed by atoms with E-state index in [1.165, 1.54) is 52.3 Å². The summed E-state index contributed by atoms with van der Waals surface area (Å²) in [6, 6.07) is 18.6. The predicted molar refractivity (Wildman–Crippen MR) is 159 cm³/mol. The third-order valence-corrected chi connectivity index (χ3v) is 8.78. The quantitative estimate of drug-likeness (QED) is 0.0499. The van der Waals surface area contributed by atoms with E-state index in [0.717, 1.165) is 18.4 Å². The van der Waals surface area contributed by atoms with Crippen molar-refractivity contribution < 1.29 is 23.8 Å². The van der Waals surface area contributed by atoms with Gasteiger partial charge >= 0.3 is 5.91 Å². The highest BCUT2D eigenvalue weighted by Gasteiger charge is 2.48. The second kappa shape index (κ2) is 12.8. The molecule has 1 aromatic heterocycles. The number of aliphatic hydroxyl groups is 1. The molecular formula is C30H25ClFN3O4S2. The van der Waals surface area contributed by atoms with Crippen LogP contribution in [0, 0.1) is 5.82 Å². The molecule has 11 heteroatoms. The molecule has 1 N–H and O–H groups in total. The summed E-state index contributed by atoms with van der Waals surface area (Å²) in [4.78, 5) is 28.0. The number of carbonyl (C=O) groups excluding carboxylic acids is 2. The van der Waals surface area contributed by atoms with E-state index in [1.807, 2.05) is 24.3 Å². The number of hydrogen-bond donors (Lipinski definition) is 1. The standard InChI is InChI=1S/C30H25ClFN3O4S2/c1-2-3-16-39-23-14-8-19(9-15-23)25-24(26(36)20-6-12-22(32)13-7-20)27(37)28(38)35(25)29-33-34-30(41-29)40-17-18-4-10-21(31)11-5-18/h4-15,25,36H,2-3,16-17H2,1H3/b26-24-. The van der Waals surface area contributed by atoms with Crippen molar-refractivity contribution in [1.29, 1.82) is 0 Å². The zero-order valence-corrected chi connectivity index (χ0v) is 24.3. The van der Waals surface area contributed by atoms with E-state index in [1.54, 1.807) is 24.3 Å². The Morgan fingerprint density at radius 2 is 1.76 bits per heavy atom. The van der Waals surface area contributed by atoms with Crippen LogP contribution in [0.5, 0.6) is 5.75 Å². The molecule has 1 atom stereocenters. The van der Waals surface area contributed by atoms with Gasteiger partial charge in [-0.1, -0.05) is 72.3 Å². The second-order valence-electron chi connectivity index (χ2n) is 9.21. The minimum absolute atomic E-state index is 0.119. The first kappa shape index (κ1) is 28.8. The van der Waals surface area contributed by atoms with Gasteiger partial charge in [0.05, 0.1) is 18.2 Å². The number of ether oxygens (including phenoxy) is 1. The maximum atomic E-state index is 13.6. The molecule has 1 aliphatic heterocycles. The number of amides is 1.